The van der Waals surface area contributed by atoms with Crippen molar-refractivity contribution in [3.63, 3.8) is 0 Å². The molecule has 0 aromatic carbocycles. The molecule has 6 heteroatoms. The summed E-state index contributed by atoms with van der Waals surface area (Å²) in [6, 6.07) is 0.826. The first-order chi connectivity index (χ1) is 11.7. The van der Waals surface area contributed by atoms with Crippen LogP contribution >= 0.6 is 0 Å². The highest BCUT2D eigenvalue weighted by molar-refractivity contribution is 6.60. The van der Waals surface area contributed by atoms with Crippen molar-refractivity contribution in [1.82, 2.24) is 0 Å². The lowest BCUT2D eigenvalue weighted by Crippen LogP contribution is -2.49. The Morgan fingerprint density at radius 3 is 2.04 bits per heavy atom. The summed E-state index contributed by atoms with van der Waals surface area (Å²) in [5.41, 5.74) is 0. The molecule has 0 aliphatic heterocycles. The molecular formula is C19H40O5Si. The third kappa shape index (κ3) is 8.50. The molecule has 1 aliphatic rings. The zero-order valence-corrected chi connectivity index (χ0v) is 18.3. The van der Waals surface area contributed by atoms with Crippen molar-refractivity contribution in [2.45, 2.75) is 111 Å². The summed E-state index contributed by atoms with van der Waals surface area (Å²) in [7, 11) is -2.68. The van der Waals surface area contributed by atoms with E-state index in [0.717, 1.165) is 31.7 Å². The van der Waals surface area contributed by atoms with Crippen molar-refractivity contribution in [3.8, 4) is 0 Å². The molecule has 150 valence electrons. The minimum absolute atomic E-state index is 0.0565. The fraction of sp³-hybridized carbons (Fsp3) is 1.00. The molecule has 1 saturated carbocycles. The summed E-state index contributed by atoms with van der Waals surface area (Å²) in [5, 5.41) is 10.2. The normalized spacial score (nSPS) is 25.3. The average molecular weight is 377 g/mol. The minimum Gasteiger partial charge on any atom is -0.390 e. The molecule has 0 aromatic rings. The summed E-state index contributed by atoms with van der Waals surface area (Å²) >= 11 is 0. The molecular weight excluding hydrogens is 336 g/mol. The van der Waals surface area contributed by atoms with Crippen LogP contribution in [0.5, 0.6) is 0 Å². The van der Waals surface area contributed by atoms with Crippen molar-refractivity contribution in [2.24, 2.45) is 5.92 Å². The van der Waals surface area contributed by atoms with E-state index in [1.165, 1.54) is 0 Å². The molecule has 5 nitrogen and oxygen atoms in total. The Bertz CT molecular complexity index is 352. The molecule has 0 amide bonds. The van der Waals surface area contributed by atoms with Crippen molar-refractivity contribution >= 4 is 8.80 Å². The molecule has 1 fully saturated rings. The van der Waals surface area contributed by atoms with Gasteiger partial charge in [-0.1, -0.05) is 0 Å². The van der Waals surface area contributed by atoms with E-state index in [0.29, 0.717) is 12.5 Å². The Balaban J connectivity index is 2.70. The monoisotopic (exact) mass is 376 g/mol. The van der Waals surface area contributed by atoms with Crippen LogP contribution in [-0.2, 0) is 18.0 Å². The smallest absolute Gasteiger partial charge is 0.390 e. The highest BCUT2D eigenvalue weighted by atomic mass is 28.4. The number of hydrogen-bond donors (Lipinski definition) is 1. The molecule has 0 radical (unpaired) electrons. The van der Waals surface area contributed by atoms with Gasteiger partial charge in [0.2, 0.25) is 0 Å². The van der Waals surface area contributed by atoms with Crippen molar-refractivity contribution in [2.75, 3.05) is 6.61 Å². The van der Waals surface area contributed by atoms with Gasteiger partial charge in [-0.2, -0.15) is 0 Å². The maximum atomic E-state index is 10.2. The van der Waals surface area contributed by atoms with E-state index in [-0.39, 0.29) is 30.5 Å². The van der Waals surface area contributed by atoms with Crippen LogP contribution in [0, 0.1) is 5.92 Å². The first kappa shape index (κ1) is 23.1. The molecule has 0 bridgehead atoms. The Labute approximate surface area is 155 Å². The van der Waals surface area contributed by atoms with Crippen LogP contribution in [0.25, 0.3) is 0 Å². The van der Waals surface area contributed by atoms with Crippen LogP contribution in [-0.4, -0.2) is 51.0 Å². The highest BCUT2D eigenvalue weighted by Crippen LogP contribution is 2.33. The van der Waals surface area contributed by atoms with E-state index in [1.54, 1.807) is 0 Å². The lowest BCUT2D eigenvalue weighted by Gasteiger charge is -2.37. The molecule has 0 aromatic heterocycles. The van der Waals surface area contributed by atoms with Crippen LogP contribution < -0.4 is 0 Å². The second kappa shape index (κ2) is 11.0. The van der Waals surface area contributed by atoms with Gasteiger partial charge in [0.15, 0.2) is 0 Å². The van der Waals surface area contributed by atoms with Crippen molar-refractivity contribution < 1.29 is 23.1 Å². The maximum Gasteiger partial charge on any atom is 0.501 e. The topological polar surface area (TPSA) is 57.2 Å². The van der Waals surface area contributed by atoms with Gasteiger partial charge >= 0.3 is 8.80 Å². The van der Waals surface area contributed by atoms with Crippen LogP contribution in [0.1, 0.15) is 74.1 Å². The molecule has 0 saturated heterocycles. The Kier molecular flexibility index (Phi) is 10.1. The first-order valence-electron chi connectivity index (χ1n) is 10.0. The second-order valence-electron chi connectivity index (χ2n) is 7.96. The maximum absolute atomic E-state index is 10.2. The van der Waals surface area contributed by atoms with E-state index >= 15 is 0 Å². The molecule has 1 N–H and O–H groups in total. The van der Waals surface area contributed by atoms with E-state index in [4.69, 9.17) is 18.0 Å². The zero-order valence-electron chi connectivity index (χ0n) is 17.3. The SMILES string of the molecule is CCO[Si](CCC1CCC(O)C(OC(C)C)C1)(OC(C)C)OC(C)C. The summed E-state index contributed by atoms with van der Waals surface area (Å²) in [6.07, 6.45) is 3.65. The highest BCUT2D eigenvalue weighted by Gasteiger charge is 2.43. The van der Waals surface area contributed by atoms with E-state index in [2.05, 4.69) is 0 Å². The van der Waals surface area contributed by atoms with Gasteiger partial charge in [-0.25, -0.2) is 0 Å². The van der Waals surface area contributed by atoms with Crippen LogP contribution in [0.3, 0.4) is 0 Å². The van der Waals surface area contributed by atoms with E-state index in [9.17, 15) is 5.11 Å². The largest absolute Gasteiger partial charge is 0.501 e. The van der Waals surface area contributed by atoms with Gasteiger partial charge < -0.3 is 23.1 Å². The Morgan fingerprint density at radius 1 is 0.960 bits per heavy atom. The second-order valence-corrected chi connectivity index (χ2v) is 10.6. The van der Waals surface area contributed by atoms with Gasteiger partial charge in [-0.3, -0.25) is 0 Å². The summed E-state index contributed by atoms with van der Waals surface area (Å²) in [6.45, 7) is 14.8. The molecule has 3 unspecified atom stereocenters. The predicted molar refractivity (Wildman–Crippen MR) is 103 cm³/mol. The van der Waals surface area contributed by atoms with Gasteiger partial charge in [0, 0.05) is 24.9 Å². The van der Waals surface area contributed by atoms with Crippen LogP contribution in [0.2, 0.25) is 6.04 Å². The quantitative estimate of drug-likeness (QED) is 0.549. The number of ether oxygens (including phenoxy) is 1. The van der Waals surface area contributed by atoms with Crippen LogP contribution in [0.15, 0.2) is 0 Å². The van der Waals surface area contributed by atoms with Crippen molar-refractivity contribution in [3.05, 3.63) is 0 Å². The van der Waals surface area contributed by atoms with Gasteiger partial charge in [0.1, 0.15) is 0 Å². The average Bonchev–Trinajstić information content (AvgIpc) is 2.46. The molecule has 0 heterocycles. The fourth-order valence-corrected chi connectivity index (χ4v) is 6.77. The number of aliphatic hydroxyl groups excluding tert-OH is 1. The van der Waals surface area contributed by atoms with Gasteiger partial charge in [0.25, 0.3) is 0 Å². The fourth-order valence-electron chi connectivity index (χ4n) is 3.56. The lowest BCUT2D eigenvalue weighted by molar-refractivity contribution is -0.0946. The summed E-state index contributed by atoms with van der Waals surface area (Å²) in [4.78, 5) is 0. The summed E-state index contributed by atoms with van der Waals surface area (Å²) < 4.78 is 24.4. The molecule has 3 atom stereocenters. The Morgan fingerprint density at radius 2 is 1.56 bits per heavy atom. The predicted octanol–water partition coefficient (Wildman–Crippen LogP) is 4.16. The molecule has 1 rings (SSSR count). The van der Waals surface area contributed by atoms with Gasteiger partial charge in [-0.15, -0.1) is 0 Å². The standard InChI is InChI=1S/C19H40O5Si/c1-8-21-25(23-15(4)5,24-16(6)7)12-11-17-9-10-18(20)19(13-17)22-14(2)3/h14-20H,8-13H2,1-7H3. The third-order valence-electron chi connectivity index (χ3n) is 4.37. The number of hydrogen-bond acceptors (Lipinski definition) is 5. The van der Waals surface area contributed by atoms with Gasteiger partial charge in [-0.05, 0) is 80.1 Å². The van der Waals surface area contributed by atoms with E-state index in [1.807, 2.05) is 48.5 Å². The molecule has 1 aliphatic carbocycles. The third-order valence-corrected chi connectivity index (χ3v) is 7.66. The molecule has 25 heavy (non-hydrogen) atoms. The number of aliphatic hydroxyl groups is 1. The van der Waals surface area contributed by atoms with E-state index < -0.39 is 8.80 Å². The number of rotatable bonds is 11. The minimum atomic E-state index is -2.68. The van der Waals surface area contributed by atoms with Crippen LogP contribution in [0.4, 0.5) is 0 Å². The van der Waals surface area contributed by atoms with Gasteiger partial charge in [0.05, 0.1) is 18.3 Å². The summed E-state index contributed by atoms with van der Waals surface area (Å²) in [5.74, 6) is 0.519. The lowest BCUT2D eigenvalue weighted by atomic mass is 9.83. The molecule has 0 spiro atoms. The zero-order chi connectivity index (χ0) is 19.0. The van der Waals surface area contributed by atoms with Crippen molar-refractivity contribution in [1.29, 1.82) is 0 Å². The first-order valence-corrected chi connectivity index (χ1v) is 11.9. The Hall–Kier alpha value is 0.0169.